The number of thiazole rings is 1. The highest BCUT2D eigenvalue weighted by Gasteiger charge is 2.17. The normalized spacial score (nSPS) is 10.7. The molecule has 1 aromatic carbocycles. The van der Waals surface area contributed by atoms with E-state index in [4.69, 9.17) is 5.73 Å². The van der Waals surface area contributed by atoms with E-state index < -0.39 is 0 Å². The fourth-order valence-corrected chi connectivity index (χ4v) is 4.40. The summed E-state index contributed by atoms with van der Waals surface area (Å²) in [6.45, 7) is 1.53. The monoisotopic (exact) mass is 363 g/mol. The highest BCUT2D eigenvalue weighted by atomic mass is 32.2. The zero-order valence-corrected chi connectivity index (χ0v) is 14.6. The third kappa shape index (κ3) is 3.87. The number of hydrogen-bond acceptors (Lipinski definition) is 8. The molecule has 0 radical (unpaired) electrons. The number of amides is 1. The zero-order valence-electron chi connectivity index (χ0n) is 12.2. The SMILES string of the molecule is CC(=O)N(c1ccccc1)c1nc(CSc2nnc(N)s2)cs1. The third-order valence-electron chi connectivity index (χ3n) is 2.83. The number of carbonyl (C=O) groups excluding carboxylic acids is 1. The van der Waals surface area contributed by atoms with E-state index in [1.165, 1.54) is 41.4 Å². The van der Waals surface area contributed by atoms with Gasteiger partial charge in [-0.2, -0.15) is 0 Å². The van der Waals surface area contributed by atoms with Crippen LogP contribution in [0.5, 0.6) is 0 Å². The quantitative estimate of drug-likeness (QED) is 0.698. The lowest BCUT2D eigenvalue weighted by atomic mass is 10.3. The van der Waals surface area contributed by atoms with Gasteiger partial charge in [0.2, 0.25) is 11.0 Å². The molecular weight excluding hydrogens is 350 g/mol. The summed E-state index contributed by atoms with van der Waals surface area (Å²) >= 11 is 4.33. The Hall–Kier alpha value is -1.97. The first-order valence-corrected chi connectivity index (χ1v) is 9.33. The third-order valence-corrected chi connectivity index (χ3v) is 5.62. The van der Waals surface area contributed by atoms with Crippen LogP contribution >= 0.6 is 34.4 Å². The van der Waals surface area contributed by atoms with E-state index in [0.717, 1.165) is 15.7 Å². The van der Waals surface area contributed by atoms with Crippen LogP contribution in [0.1, 0.15) is 12.6 Å². The van der Waals surface area contributed by atoms with Gasteiger partial charge in [-0.05, 0) is 12.1 Å². The number of hydrogen-bond donors (Lipinski definition) is 1. The Balaban J connectivity index is 1.75. The molecule has 3 rings (SSSR count). The first kappa shape index (κ1) is 15.9. The molecule has 0 spiro atoms. The molecule has 0 saturated carbocycles. The second-order valence-electron chi connectivity index (χ2n) is 4.51. The number of rotatable bonds is 5. The van der Waals surface area contributed by atoms with Gasteiger partial charge in [-0.3, -0.25) is 9.69 Å². The number of carbonyl (C=O) groups is 1. The van der Waals surface area contributed by atoms with E-state index in [2.05, 4.69) is 15.2 Å². The van der Waals surface area contributed by atoms with Crippen LogP contribution in [-0.2, 0) is 10.5 Å². The van der Waals surface area contributed by atoms with Crippen molar-refractivity contribution >= 4 is 56.3 Å². The molecule has 0 aliphatic carbocycles. The number of nitrogens with two attached hydrogens (primary N) is 1. The molecule has 1 amide bonds. The van der Waals surface area contributed by atoms with Crippen molar-refractivity contribution in [3.63, 3.8) is 0 Å². The van der Waals surface area contributed by atoms with Crippen LogP contribution in [0.3, 0.4) is 0 Å². The summed E-state index contributed by atoms with van der Waals surface area (Å²) in [5, 5.41) is 10.8. The molecule has 0 fully saturated rings. The van der Waals surface area contributed by atoms with Crippen molar-refractivity contribution in [2.45, 2.75) is 17.0 Å². The van der Waals surface area contributed by atoms with Crippen molar-refractivity contribution in [2.24, 2.45) is 0 Å². The average molecular weight is 363 g/mol. The van der Waals surface area contributed by atoms with E-state index in [9.17, 15) is 4.79 Å². The van der Waals surface area contributed by atoms with Crippen LogP contribution in [0, 0.1) is 0 Å². The molecule has 6 nitrogen and oxygen atoms in total. The molecule has 0 atom stereocenters. The summed E-state index contributed by atoms with van der Waals surface area (Å²) in [7, 11) is 0. The molecule has 2 aromatic heterocycles. The molecule has 3 aromatic rings. The standard InChI is InChI=1S/C14H13N5OS3/c1-9(20)19(11-5-3-2-4-6-11)13-16-10(7-21-13)8-22-14-18-17-12(15)23-14/h2-7H,8H2,1H3,(H2,15,17). The minimum atomic E-state index is -0.0679. The Bertz CT molecular complexity index is 802. The maximum absolute atomic E-state index is 12.0. The van der Waals surface area contributed by atoms with Crippen LogP contribution in [0.2, 0.25) is 0 Å². The van der Waals surface area contributed by atoms with Crippen molar-refractivity contribution in [2.75, 3.05) is 10.6 Å². The number of thioether (sulfide) groups is 1. The van der Waals surface area contributed by atoms with Crippen LogP contribution in [-0.4, -0.2) is 21.1 Å². The van der Waals surface area contributed by atoms with E-state index in [1.807, 2.05) is 35.7 Å². The minimum Gasteiger partial charge on any atom is -0.374 e. The van der Waals surface area contributed by atoms with Crippen LogP contribution in [0.15, 0.2) is 40.1 Å². The second-order valence-corrected chi connectivity index (χ2v) is 7.57. The summed E-state index contributed by atoms with van der Waals surface area (Å²) in [6, 6.07) is 9.49. The predicted molar refractivity (Wildman–Crippen MR) is 95.3 cm³/mol. The van der Waals surface area contributed by atoms with Crippen LogP contribution < -0.4 is 10.6 Å². The Morgan fingerprint density at radius 1 is 1.30 bits per heavy atom. The molecule has 0 unspecified atom stereocenters. The molecule has 9 heteroatoms. The predicted octanol–water partition coefficient (Wildman–Crippen LogP) is 3.55. The van der Waals surface area contributed by atoms with Crippen molar-refractivity contribution < 1.29 is 4.79 Å². The zero-order chi connectivity index (χ0) is 16.2. The van der Waals surface area contributed by atoms with Gasteiger partial charge < -0.3 is 5.73 Å². The van der Waals surface area contributed by atoms with E-state index in [-0.39, 0.29) is 5.91 Å². The number of para-hydroxylation sites is 1. The lowest BCUT2D eigenvalue weighted by molar-refractivity contribution is -0.115. The fourth-order valence-electron chi connectivity index (χ4n) is 1.88. The van der Waals surface area contributed by atoms with Gasteiger partial charge in [0.15, 0.2) is 9.47 Å². The molecule has 118 valence electrons. The van der Waals surface area contributed by atoms with Crippen LogP contribution in [0.25, 0.3) is 0 Å². The van der Waals surface area contributed by atoms with Gasteiger partial charge in [0.25, 0.3) is 0 Å². The summed E-state index contributed by atoms with van der Waals surface area (Å²) in [5.74, 6) is 0.590. The summed E-state index contributed by atoms with van der Waals surface area (Å²) in [5.41, 5.74) is 7.27. The highest BCUT2D eigenvalue weighted by Crippen LogP contribution is 2.32. The molecule has 0 aliphatic rings. The summed E-state index contributed by atoms with van der Waals surface area (Å²) in [6.07, 6.45) is 0. The Morgan fingerprint density at radius 3 is 2.74 bits per heavy atom. The number of benzene rings is 1. The topological polar surface area (TPSA) is 85.0 Å². The first-order chi connectivity index (χ1) is 11.1. The Kier molecular flexibility index (Phi) is 4.89. The van der Waals surface area contributed by atoms with Crippen LogP contribution in [0.4, 0.5) is 16.0 Å². The van der Waals surface area contributed by atoms with Gasteiger partial charge in [0, 0.05) is 18.1 Å². The van der Waals surface area contributed by atoms with E-state index in [1.54, 1.807) is 4.90 Å². The summed E-state index contributed by atoms with van der Waals surface area (Å²) < 4.78 is 0.809. The van der Waals surface area contributed by atoms with Gasteiger partial charge >= 0.3 is 0 Å². The molecule has 0 aliphatic heterocycles. The molecule has 0 saturated heterocycles. The van der Waals surface area contributed by atoms with Gasteiger partial charge in [-0.1, -0.05) is 41.3 Å². The minimum absolute atomic E-state index is 0.0679. The number of nitrogen functional groups attached to an aromatic ring is 1. The number of nitrogens with zero attached hydrogens (tertiary/aromatic N) is 4. The van der Waals surface area contributed by atoms with Crippen molar-refractivity contribution in [3.8, 4) is 0 Å². The van der Waals surface area contributed by atoms with Gasteiger partial charge in [-0.15, -0.1) is 21.5 Å². The second kappa shape index (κ2) is 7.07. The smallest absolute Gasteiger partial charge is 0.230 e. The molecule has 0 bridgehead atoms. The van der Waals surface area contributed by atoms with Crippen molar-refractivity contribution in [1.82, 2.24) is 15.2 Å². The summed E-state index contributed by atoms with van der Waals surface area (Å²) in [4.78, 5) is 18.2. The number of anilines is 3. The Morgan fingerprint density at radius 2 is 2.09 bits per heavy atom. The maximum Gasteiger partial charge on any atom is 0.230 e. The molecule has 2 N–H and O–H groups in total. The molecule has 23 heavy (non-hydrogen) atoms. The van der Waals surface area contributed by atoms with E-state index in [0.29, 0.717) is 16.0 Å². The molecule has 2 heterocycles. The fraction of sp³-hybridized carbons (Fsp3) is 0.143. The van der Waals surface area contributed by atoms with Crippen molar-refractivity contribution in [3.05, 3.63) is 41.4 Å². The van der Waals surface area contributed by atoms with Crippen molar-refractivity contribution in [1.29, 1.82) is 0 Å². The van der Waals surface area contributed by atoms with Gasteiger partial charge in [0.1, 0.15) is 0 Å². The average Bonchev–Trinajstić information content (AvgIpc) is 3.15. The molecular formula is C14H13N5OS3. The first-order valence-electron chi connectivity index (χ1n) is 6.65. The number of aromatic nitrogens is 3. The van der Waals surface area contributed by atoms with E-state index >= 15 is 0 Å². The largest absolute Gasteiger partial charge is 0.374 e. The maximum atomic E-state index is 12.0. The lowest BCUT2D eigenvalue weighted by Gasteiger charge is -2.17. The Labute approximate surface area is 145 Å². The highest BCUT2D eigenvalue weighted by molar-refractivity contribution is 8.00. The van der Waals surface area contributed by atoms with Gasteiger partial charge in [0.05, 0.1) is 11.4 Å². The lowest BCUT2D eigenvalue weighted by Crippen LogP contribution is -2.22. The van der Waals surface area contributed by atoms with Gasteiger partial charge in [-0.25, -0.2) is 4.98 Å².